The quantitative estimate of drug-likeness (QED) is 0.138. The lowest BCUT2D eigenvalue weighted by Gasteiger charge is -2.26. The van der Waals surface area contributed by atoms with Crippen LogP contribution in [0.5, 0.6) is 5.75 Å². The second-order valence-electron chi connectivity index (χ2n) is 13.6. The van der Waals surface area contributed by atoms with Gasteiger partial charge in [-0.15, -0.1) is 0 Å². The van der Waals surface area contributed by atoms with Crippen LogP contribution < -0.4 is 13.9 Å². The highest BCUT2D eigenvalue weighted by Crippen LogP contribution is 2.33. The average Bonchev–Trinajstić information content (AvgIpc) is 2.92. The molecule has 0 unspecified atom stereocenters. The summed E-state index contributed by atoms with van der Waals surface area (Å²) in [7, 11) is 0. The van der Waals surface area contributed by atoms with Crippen LogP contribution in [0.25, 0.3) is 11.1 Å². The summed E-state index contributed by atoms with van der Waals surface area (Å²) in [5, 5.41) is 0. The number of nitrogens with zero attached hydrogens (tertiary/aromatic N) is 2. The van der Waals surface area contributed by atoms with E-state index in [1.165, 1.54) is 67.2 Å². The smallest absolute Gasteiger partial charge is 0.169 e. The molecule has 2 heterocycles. The molecule has 0 aliphatic carbocycles. The Hall–Kier alpha value is -2.68. The standard InChI is InChI=1S/C37H56N2O/c1-8-9-10-11-12-13-14-21-38-23-17-31(18-24-38)32-19-25-39(26-20-32)22-15-16-27-40-35-29-33(36(2,3)4)28-34(30-35)37(5,6)7/h17-20,23-26,28-30H,8-16,21-22,27H2,1-7H3/q+2. The number of rotatable bonds is 15. The van der Waals surface area contributed by atoms with Crippen LogP contribution in [0.2, 0.25) is 0 Å². The molecular weight excluding hydrogens is 488 g/mol. The number of pyridine rings is 2. The minimum Gasteiger partial charge on any atom is -0.494 e. The van der Waals surface area contributed by atoms with Crippen LogP contribution in [0, 0.1) is 0 Å². The summed E-state index contributed by atoms with van der Waals surface area (Å²) < 4.78 is 10.8. The summed E-state index contributed by atoms with van der Waals surface area (Å²) in [5.41, 5.74) is 5.45. The molecule has 218 valence electrons. The molecule has 0 saturated carbocycles. The summed E-state index contributed by atoms with van der Waals surface area (Å²) in [4.78, 5) is 0. The molecule has 3 rings (SSSR count). The number of hydrogen-bond donors (Lipinski definition) is 0. The highest BCUT2D eigenvalue weighted by atomic mass is 16.5. The molecule has 0 amide bonds. The van der Waals surface area contributed by atoms with Crippen molar-refractivity contribution >= 4 is 0 Å². The minimum atomic E-state index is 0.107. The molecule has 0 spiro atoms. The third kappa shape index (κ3) is 10.7. The van der Waals surface area contributed by atoms with Crippen molar-refractivity contribution in [3.63, 3.8) is 0 Å². The molecule has 3 aromatic rings. The first-order valence-corrected chi connectivity index (χ1v) is 15.8. The molecule has 0 bridgehead atoms. The van der Waals surface area contributed by atoms with E-state index in [0.717, 1.165) is 38.3 Å². The van der Waals surface area contributed by atoms with E-state index >= 15 is 0 Å². The zero-order valence-corrected chi connectivity index (χ0v) is 26.6. The maximum Gasteiger partial charge on any atom is 0.169 e. The topological polar surface area (TPSA) is 17.0 Å². The second-order valence-corrected chi connectivity index (χ2v) is 13.6. The van der Waals surface area contributed by atoms with Crippen LogP contribution in [0.1, 0.15) is 117 Å². The molecule has 0 saturated heterocycles. The van der Waals surface area contributed by atoms with Crippen molar-refractivity contribution in [3.05, 3.63) is 78.4 Å². The third-order valence-electron chi connectivity index (χ3n) is 7.85. The van der Waals surface area contributed by atoms with E-state index in [1.54, 1.807) is 0 Å². The molecule has 2 aromatic heterocycles. The predicted molar refractivity (Wildman–Crippen MR) is 169 cm³/mol. The van der Waals surface area contributed by atoms with E-state index in [9.17, 15) is 0 Å². The average molecular weight is 545 g/mol. The highest BCUT2D eigenvalue weighted by molar-refractivity contribution is 5.60. The summed E-state index contributed by atoms with van der Waals surface area (Å²) >= 11 is 0. The molecule has 3 nitrogen and oxygen atoms in total. The maximum absolute atomic E-state index is 6.24. The van der Waals surface area contributed by atoms with Gasteiger partial charge in [0, 0.05) is 37.1 Å². The Morgan fingerprint density at radius 2 is 0.975 bits per heavy atom. The molecule has 40 heavy (non-hydrogen) atoms. The van der Waals surface area contributed by atoms with Gasteiger partial charge in [-0.25, -0.2) is 9.13 Å². The Balaban J connectivity index is 1.41. The van der Waals surface area contributed by atoms with E-state index in [4.69, 9.17) is 4.74 Å². The first kappa shape index (κ1) is 31.8. The third-order valence-corrected chi connectivity index (χ3v) is 7.85. The first-order chi connectivity index (χ1) is 19.1. The van der Waals surface area contributed by atoms with Crippen LogP contribution in [0.15, 0.2) is 67.3 Å². The molecule has 0 fully saturated rings. The number of hydrogen-bond acceptors (Lipinski definition) is 1. The van der Waals surface area contributed by atoms with E-state index in [0.29, 0.717) is 0 Å². The first-order valence-electron chi connectivity index (χ1n) is 15.8. The fourth-order valence-corrected chi connectivity index (χ4v) is 4.98. The fraction of sp³-hybridized carbons (Fsp3) is 0.568. The van der Waals surface area contributed by atoms with Gasteiger partial charge < -0.3 is 4.74 Å². The normalized spacial score (nSPS) is 12.1. The summed E-state index contributed by atoms with van der Waals surface area (Å²) in [6.45, 7) is 18.8. The van der Waals surface area contributed by atoms with E-state index in [1.807, 2.05) is 0 Å². The maximum atomic E-state index is 6.24. The molecule has 0 N–H and O–H groups in total. The molecule has 1 aromatic carbocycles. The Kier molecular flexibility index (Phi) is 12.2. The van der Waals surface area contributed by atoms with Gasteiger partial charge >= 0.3 is 0 Å². The molecule has 0 aliphatic rings. The Bertz CT molecular complexity index is 1100. The zero-order valence-electron chi connectivity index (χ0n) is 26.6. The van der Waals surface area contributed by atoms with Crippen molar-refractivity contribution < 1.29 is 13.9 Å². The molecule has 0 aliphatic heterocycles. The van der Waals surface area contributed by atoms with Crippen molar-refractivity contribution in [3.8, 4) is 16.9 Å². The van der Waals surface area contributed by atoms with Gasteiger partial charge in [0.2, 0.25) is 0 Å². The van der Waals surface area contributed by atoms with Crippen LogP contribution in [0.3, 0.4) is 0 Å². The van der Waals surface area contributed by atoms with Crippen molar-refractivity contribution in [1.29, 1.82) is 0 Å². The number of aromatic nitrogens is 2. The Labute approximate surface area is 245 Å². The largest absolute Gasteiger partial charge is 0.494 e. The second kappa shape index (κ2) is 15.4. The lowest BCUT2D eigenvalue weighted by atomic mass is 9.80. The van der Waals surface area contributed by atoms with Crippen molar-refractivity contribution in [2.45, 2.75) is 130 Å². The summed E-state index contributed by atoms with van der Waals surface area (Å²) in [6, 6.07) is 15.8. The van der Waals surface area contributed by atoms with Crippen LogP contribution >= 0.6 is 0 Å². The van der Waals surface area contributed by atoms with Gasteiger partial charge in [0.15, 0.2) is 24.8 Å². The molecule has 3 heteroatoms. The van der Waals surface area contributed by atoms with Gasteiger partial charge in [-0.2, -0.15) is 0 Å². The van der Waals surface area contributed by atoms with Crippen molar-refractivity contribution in [2.24, 2.45) is 0 Å². The van der Waals surface area contributed by atoms with E-state index in [2.05, 4.69) is 125 Å². The summed E-state index contributed by atoms with van der Waals surface area (Å²) in [6.07, 6.45) is 20.5. The zero-order chi connectivity index (χ0) is 29.0. The van der Waals surface area contributed by atoms with Gasteiger partial charge in [-0.1, -0.05) is 86.6 Å². The fourth-order valence-electron chi connectivity index (χ4n) is 4.98. The predicted octanol–water partition coefficient (Wildman–Crippen LogP) is 9.13. The van der Waals surface area contributed by atoms with Gasteiger partial charge in [0.1, 0.15) is 18.8 Å². The van der Waals surface area contributed by atoms with Crippen molar-refractivity contribution in [1.82, 2.24) is 0 Å². The van der Waals surface area contributed by atoms with Gasteiger partial charge in [0.25, 0.3) is 0 Å². The Morgan fingerprint density at radius 1 is 0.550 bits per heavy atom. The number of ether oxygens (including phenoxy) is 1. The van der Waals surface area contributed by atoms with E-state index in [-0.39, 0.29) is 10.8 Å². The SMILES string of the molecule is CCCCCCCCC[n+]1ccc(-c2cc[n+](CCCCOc3cc(C(C)(C)C)cc(C(C)(C)C)c3)cc2)cc1. The molecule has 0 radical (unpaired) electrons. The van der Waals surface area contributed by atoms with Crippen LogP contribution in [0.4, 0.5) is 0 Å². The highest BCUT2D eigenvalue weighted by Gasteiger charge is 2.21. The lowest BCUT2D eigenvalue weighted by molar-refractivity contribution is -0.697. The monoisotopic (exact) mass is 544 g/mol. The van der Waals surface area contributed by atoms with Gasteiger partial charge in [0.05, 0.1) is 6.61 Å². The van der Waals surface area contributed by atoms with Crippen molar-refractivity contribution in [2.75, 3.05) is 6.61 Å². The number of aryl methyl sites for hydroxylation is 2. The lowest BCUT2D eigenvalue weighted by Crippen LogP contribution is -2.33. The summed E-state index contributed by atoms with van der Waals surface area (Å²) in [5.74, 6) is 1.00. The van der Waals surface area contributed by atoms with E-state index < -0.39 is 0 Å². The van der Waals surface area contributed by atoms with Crippen LogP contribution in [-0.2, 0) is 23.9 Å². The van der Waals surface area contributed by atoms with Gasteiger partial charge in [-0.05, 0) is 58.1 Å². The number of benzene rings is 1. The minimum absolute atomic E-state index is 0.107. The number of unbranched alkanes of at least 4 members (excludes halogenated alkanes) is 7. The Morgan fingerprint density at radius 3 is 1.43 bits per heavy atom. The van der Waals surface area contributed by atoms with Crippen LogP contribution in [-0.4, -0.2) is 6.61 Å². The molecule has 0 atom stereocenters. The molecular formula is C37H56N2O+2. The van der Waals surface area contributed by atoms with Gasteiger partial charge in [-0.3, -0.25) is 0 Å².